The number of rotatable bonds is 7. The van der Waals surface area contributed by atoms with Crippen LogP contribution < -0.4 is 16.0 Å². The molecule has 120 valence electrons. The number of anilines is 1. The first kappa shape index (κ1) is 16.7. The van der Waals surface area contributed by atoms with Crippen molar-refractivity contribution in [3.05, 3.63) is 65.7 Å². The van der Waals surface area contributed by atoms with E-state index in [-0.39, 0.29) is 18.4 Å². The third kappa shape index (κ3) is 5.56. The highest BCUT2D eigenvalue weighted by molar-refractivity contribution is 5.96. The van der Waals surface area contributed by atoms with Crippen molar-refractivity contribution in [1.82, 2.24) is 10.6 Å². The molecule has 0 aromatic heterocycles. The average Bonchev–Trinajstić information content (AvgIpc) is 2.59. The fraction of sp³-hybridized carbons (Fsp3) is 0.222. The Morgan fingerprint density at radius 3 is 2.30 bits per heavy atom. The zero-order valence-corrected chi connectivity index (χ0v) is 13.1. The molecule has 0 aliphatic carbocycles. The van der Waals surface area contributed by atoms with Crippen molar-refractivity contribution in [2.75, 3.05) is 25.5 Å². The number of hydrogen-bond donors (Lipinski definition) is 3. The highest BCUT2D eigenvalue weighted by Gasteiger charge is 2.05. The Bertz CT molecular complexity index is 639. The first-order valence-electron chi connectivity index (χ1n) is 7.55. The second-order valence-electron chi connectivity index (χ2n) is 5.12. The van der Waals surface area contributed by atoms with Crippen LogP contribution in [0, 0.1) is 0 Å². The Morgan fingerprint density at radius 2 is 1.65 bits per heavy atom. The van der Waals surface area contributed by atoms with Crippen LogP contribution in [0.2, 0.25) is 0 Å². The molecule has 2 rings (SSSR count). The number of nitrogens with one attached hydrogen (secondary N) is 3. The summed E-state index contributed by atoms with van der Waals surface area (Å²) >= 11 is 0. The van der Waals surface area contributed by atoms with Gasteiger partial charge in [0, 0.05) is 18.3 Å². The fourth-order valence-corrected chi connectivity index (χ4v) is 2.13. The molecule has 23 heavy (non-hydrogen) atoms. The second-order valence-corrected chi connectivity index (χ2v) is 5.12. The van der Waals surface area contributed by atoms with Gasteiger partial charge in [-0.3, -0.25) is 9.59 Å². The summed E-state index contributed by atoms with van der Waals surface area (Å²) in [4.78, 5) is 23.3. The van der Waals surface area contributed by atoms with Crippen LogP contribution in [0.15, 0.2) is 54.6 Å². The van der Waals surface area contributed by atoms with Gasteiger partial charge in [0.1, 0.15) is 0 Å². The summed E-state index contributed by atoms with van der Waals surface area (Å²) in [5.41, 5.74) is 2.48. The van der Waals surface area contributed by atoms with Crippen molar-refractivity contribution in [1.29, 1.82) is 0 Å². The standard InChI is InChI=1S/C18H21N3O2/c1-19-18(23)15-7-9-16(10-8-15)21-17(22)13-20-12-11-14-5-3-2-4-6-14/h2-10,20H,11-13H2,1H3,(H,19,23)(H,21,22). The molecule has 5 nitrogen and oxygen atoms in total. The second kappa shape index (κ2) is 8.70. The van der Waals surface area contributed by atoms with Crippen LogP contribution in [0.3, 0.4) is 0 Å². The molecule has 0 unspecified atom stereocenters. The van der Waals surface area contributed by atoms with Crippen LogP contribution in [-0.4, -0.2) is 32.0 Å². The minimum atomic E-state index is -0.148. The van der Waals surface area contributed by atoms with Gasteiger partial charge in [-0.05, 0) is 42.8 Å². The predicted molar refractivity (Wildman–Crippen MR) is 91.5 cm³/mol. The highest BCUT2D eigenvalue weighted by atomic mass is 16.2. The van der Waals surface area contributed by atoms with E-state index in [4.69, 9.17) is 0 Å². The molecule has 2 amide bonds. The third-order valence-electron chi connectivity index (χ3n) is 3.38. The van der Waals surface area contributed by atoms with E-state index in [1.54, 1.807) is 31.3 Å². The van der Waals surface area contributed by atoms with E-state index >= 15 is 0 Å². The maximum absolute atomic E-state index is 11.8. The van der Waals surface area contributed by atoms with Crippen LogP contribution in [0.1, 0.15) is 15.9 Å². The minimum Gasteiger partial charge on any atom is -0.355 e. The molecule has 2 aromatic rings. The van der Waals surface area contributed by atoms with Crippen LogP contribution in [0.4, 0.5) is 5.69 Å². The van der Waals surface area contributed by atoms with E-state index in [0.29, 0.717) is 11.3 Å². The monoisotopic (exact) mass is 311 g/mol. The first-order valence-corrected chi connectivity index (χ1v) is 7.55. The van der Waals surface area contributed by atoms with E-state index in [1.807, 2.05) is 18.2 Å². The maximum Gasteiger partial charge on any atom is 0.251 e. The van der Waals surface area contributed by atoms with Crippen LogP contribution >= 0.6 is 0 Å². The smallest absolute Gasteiger partial charge is 0.251 e. The molecule has 0 fully saturated rings. The lowest BCUT2D eigenvalue weighted by molar-refractivity contribution is -0.115. The van der Waals surface area contributed by atoms with E-state index in [2.05, 4.69) is 28.1 Å². The molecule has 0 saturated heterocycles. The lowest BCUT2D eigenvalue weighted by atomic mass is 10.1. The zero-order chi connectivity index (χ0) is 16.5. The molecule has 0 bridgehead atoms. The van der Waals surface area contributed by atoms with Crippen LogP contribution in [0.25, 0.3) is 0 Å². The molecule has 0 spiro atoms. The minimum absolute atomic E-state index is 0.106. The van der Waals surface area contributed by atoms with Crippen molar-refractivity contribution in [3.8, 4) is 0 Å². The molecular formula is C18H21N3O2. The normalized spacial score (nSPS) is 10.1. The van der Waals surface area contributed by atoms with Gasteiger partial charge in [-0.2, -0.15) is 0 Å². The van der Waals surface area contributed by atoms with E-state index < -0.39 is 0 Å². The quantitative estimate of drug-likeness (QED) is 0.683. The molecule has 0 radical (unpaired) electrons. The largest absolute Gasteiger partial charge is 0.355 e. The van der Waals surface area contributed by atoms with Crippen LogP contribution in [-0.2, 0) is 11.2 Å². The molecule has 3 N–H and O–H groups in total. The summed E-state index contributed by atoms with van der Waals surface area (Å²) < 4.78 is 0. The van der Waals surface area contributed by atoms with Crippen molar-refractivity contribution in [2.24, 2.45) is 0 Å². The molecule has 2 aromatic carbocycles. The lowest BCUT2D eigenvalue weighted by Gasteiger charge is -2.07. The van der Waals surface area contributed by atoms with Gasteiger partial charge in [-0.1, -0.05) is 30.3 Å². The Morgan fingerprint density at radius 1 is 0.957 bits per heavy atom. The highest BCUT2D eigenvalue weighted by Crippen LogP contribution is 2.09. The van der Waals surface area contributed by atoms with Crippen LogP contribution in [0.5, 0.6) is 0 Å². The van der Waals surface area contributed by atoms with Gasteiger partial charge in [-0.15, -0.1) is 0 Å². The molecule has 0 aliphatic heterocycles. The first-order chi connectivity index (χ1) is 11.2. The Labute approximate surface area is 136 Å². The number of amides is 2. The average molecular weight is 311 g/mol. The van der Waals surface area contributed by atoms with Gasteiger partial charge in [0.15, 0.2) is 0 Å². The molecule has 0 atom stereocenters. The van der Waals surface area contributed by atoms with E-state index in [9.17, 15) is 9.59 Å². The topological polar surface area (TPSA) is 70.2 Å². The lowest BCUT2D eigenvalue weighted by Crippen LogP contribution is -2.29. The van der Waals surface area contributed by atoms with Crippen molar-refractivity contribution in [2.45, 2.75) is 6.42 Å². The summed E-state index contributed by atoms with van der Waals surface area (Å²) in [7, 11) is 1.58. The Kier molecular flexibility index (Phi) is 6.32. The van der Waals surface area contributed by atoms with Gasteiger partial charge >= 0.3 is 0 Å². The summed E-state index contributed by atoms with van der Waals surface area (Å²) in [6.45, 7) is 0.997. The fourth-order valence-electron chi connectivity index (χ4n) is 2.13. The van der Waals surface area contributed by atoms with Gasteiger partial charge < -0.3 is 16.0 Å². The summed E-state index contributed by atoms with van der Waals surface area (Å²) in [6.07, 6.45) is 0.884. The Balaban J connectivity index is 1.71. The van der Waals surface area contributed by atoms with Gasteiger partial charge in [0.2, 0.25) is 5.91 Å². The molecule has 0 saturated carbocycles. The molecular weight excluding hydrogens is 290 g/mol. The van der Waals surface area contributed by atoms with Gasteiger partial charge in [0.25, 0.3) is 5.91 Å². The number of carbonyl (C=O) groups is 2. The van der Waals surface area contributed by atoms with Crippen molar-refractivity contribution >= 4 is 17.5 Å². The van der Waals surface area contributed by atoms with Gasteiger partial charge in [-0.25, -0.2) is 0 Å². The zero-order valence-electron chi connectivity index (χ0n) is 13.1. The molecule has 0 aliphatic rings. The summed E-state index contributed by atoms with van der Waals surface area (Å²) in [5, 5.41) is 8.46. The SMILES string of the molecule is CNC(=O)c1ccc(NC(=O)CNCCc2ccccc2)cc1. The van der Waals surface area contributed by atoms with Gasteiger partial charge in [0.05, 0.1) is 6.54 Å². The maximum atomic E-state index is 11.8. The molecule has 0 heterocycles. The summed E-state index contributed by atoms with van der Waals surface area (Å²) in [5.74, 6) is -0.254. The van der Waals surface area contributed by atoms with Crippen molar-refractivity contribution < 1.29 is 9.59 Å². The molecule has 5 heteroatoms. The van der Waals surface area contributed by atoms with E-state index in [0.717, 1.165) is 13.0 Å². The Hall–Kier alpha value is -2.66. The summed E-state index contributed by atoms with van der Waals surface area (Å²) in [6, 6.07) is 16.9. The number of benzene rings is 2. The number of hydrogen-bond acceptors (Lipinski definition) is 3. The third-order valence-corrected chi connectivity index (χ3v) is 3.38. The van der Waals surface area contributed by atoms with Crippen molar-refractivity contribution in [3.63, 3.8) is 0 Å². The number of carbonyl (C=O) groups excluding carboxylic acids is 2. The predicted octanol–water partition coefficient (Wildman–Crippen LogP) is 1.82. The van der Waals surface area contributed by atoms with E-state index in [1.165, 1.54) is 5.56 Å².